The molecule has 174 valence electrons. The summed E-state index contributed by atoms with van der Waals surface area (Å²) < 4.78 is 0. The van der Waals surface area contributed by atoms with Gasteiger partial charge in [0.1, 0.15) is 5.75 Å². The van der Waals surface area contributed by atoms with Crippen LogP contribution < -0.4 is 21.2 Å². The molecule has 4 aromatic rings. The predicted molar refractivity (Wildman–Crippen MR) is 153 cm³/mol. The van der Waals surface area contributed by atoms with E-state index < -0.39 is 7.92 Å². The van der Waals surface area contributed by atoms with Crippen LogP contribution in [0, 0.1) is 13.8 Å². The molecule has 1 nitrogen and oxygen atoms in total. The molecule has 0 radical (unpaired) electrons. The van der Waals surface area contributed by atoms with Crippen molar-refractivity contribution in [2.45, 2.75) is 45.7 Å². The Morgan fingerprint density at radius 1 is 0.735 bits per heavy atom. The highest BCUT2D eigenvalue weighted by molar-refractivity contribution is 7.81. The zero-order chi connectivity index (χ0) is 24.1. The quantitative estimate of drug-likeness (QED) is 0.273. The highest BCUT2D eigenvalue weighted by Gasteiger charge is 2.34. The molecular formula is C31H34OP2. The summed E-state index contributed by atoms with van der Waals surface area (Å²) in [5.41, 5.74) is 3.63. The molecule has 0 amide bonds. The Labute approximate surface area is 207 Å². The van der Waals surface area contributed by atoms with Gasteiger partial charge in [-0.15, -0.1) is 0 Å². The van der Waals surface area contributed by atoms with E-state index in [0.717, 1.165) is 18.4 Å². The molecule has 1 unspecified atom stereocenters. The van der Waals surface area contributed by atoms with Gasteiger partial charge in [-0.25, -0.2) is 0 Å². The minimum Gasteiger partial charge on any atom is -0.508 e. The van der Waals surface area contributed by atoms with Crippen LogP contribution in [0.5, 0.6) is 5.75 Å². The summed E-state index contributed by atoms with van der Waals surface area (Å²) in [5.74, 6) is 0.422. The average molecular weight is 485 g/mol. The number of phenolic OH excluding ortho intramolecular Hbond substituents is 1. The van der Waals surface area contributed by atoms with Gasteiger partial charge >= 0.3 is 0 Å². The minimum atomic E-state index is -0.684. The van der Waals surface area contributed by atoms with E-state index in [0.29, 0.717) is 14.3 Å². The molecule has 4 rings (SSSR count). The number of hydrogen-bond donors (Lipinski definition) is 1. The lowest BCUT2D eigenvalue weighted by atomic mass is 9.91. The smallest absolute Gasteiger partial charge is 0.119 e. The Morgan fingerprint density at radius 3 is 1.88 bits per heavy atom. The fourth-order valence-electron chi connectivity index (χ4n) is 4.73. The third kappa shape index (κ3) is 4.98. The van der Waals surface area contributed by atoms with Gasteiger partial charge in [-0.3, -0.25) is 0 Å². The van der Waals surface area contributed by atoms with E-state index >= 15 is 0 Å². The SMILES string of the molecule is CCC(CC)(Pc1c(C)cccc1P(c1ccccc1)c1ccccc1)c1cc(C)ccc1O. The van der Waals surface area contributed by atoms with Crippen molar-refractivity contribution in [1.82, 2.24) is 0 Å². The van der Waals surface area contributed by atoms with E-state index in [9.17, 15) is 5.11 Å². The molecule has 0 heterocycles. The summed E-state index contributed by atoms with van der Waals surface area (Å²) in [5, 5.41) is 16.5. The van der Waals surface area contributed by atoms with Gasteiger partial charge in [0.15, 0.2) is 0 Å². The zero-order valence-electron chi connectivity index (χ0n) is 20.5. The first kappa shape index (κ1) is 24.7. The van der Waals surface area contributed by atoms with Gasteiger partial charge in [-0.1, -0.05) is 119 Å². The normalized spacial score (nSPS) is 12.0. The van der Waals surface area contributed by atoms with E-state index in [4.69, 9.17) is 0 Å². The largest absolute Gasteiger partial charge is 0.508 e. The molecule has 4 aromatic carbocycles. The maximum Gasteiger partial charge on any atom is 0.119 e. The van der Waals surface area contributed by atoms with Crippen molar-refractivity contribution in [3.63, 3.8) is 0 Å². The molecule has 0 saturated carbocycles. The summed E-state index contributed by atoms with van der Waals surface area (Å²) >= 11 is 0. The van der Waals surface area contributed by atoms with Gasteiger partial charge in [0.2, 0.25) is 0 Å². The first-order chi connectivity index (χ1) is 16.5. The molecule has 1 N–H and O–H groups in total. The molecule has 3 heteroatoms. The number of phenols is 1. The van der Waals surface area contributed by atoms with Crippen LogP contribution in [-0.2, 0) is 5.16 Å². The second-order valence-electron chi connectivity index (χ2n) is 8.91. The Kier molecular flexibility index (Phi) is 7.88. The van der Waals surface area contributed by atoms with E-state index in [1.54, 1.807) is 0 Å². The lowest BCUT2D eigenvalue weighted by Gasteiger charge is -2.35. The first-order valence-corrected chi connectivity index (χ1v) is 14.4. The van der Waals surface area contributed by atoms with Crippen LogP contribution in [0.25, 0.3) is 0 Å². The molecule has 1 atom stereocenters. The predicted octanol–water partition coefficient (Wildman–Crippen LogP) is 6.79. The van der Waals surface area contributed by atoms with Crippen LogP contribution in [0.3, 0.4) is 0 Å². The second kappa shape index (κ2) is 10.9. The first-order valence-electron chi connectivity index (χ1n) is 12.1. The van der Waals surface area contributed by atoms with Crippen LogP contribution in [0.15, 0.2) is 97.1 Å². The van der Waals surface area contributed by atoms with Gasteiger partial charge in [-0.2, -0.15) is 0 Å². The van der Waals surface area contributed by atoms with Crippen molar-refractivity contribution in [2.75, 3.05) is 0 Å². The minimum absolute atomic E-state index is 0.0919. The Hall–Kier alpha value is -2.46. The molecule has 0 saturated heterocycles. The maximum atomic E-state index is 10.9. The molecule has 0 bridgehead atoms. The second-order valence-corrected chi connectivity index (χ2v) is 12.8. The van der Waals surface area contributed by atoms with Crippen LogP contribution >= 0.6 is 16.5 Å². The summed E-state index contributed by atoms with van der Waals surface area (Å²) in [6.45, 7) is 8.91. The lowest BCUT2D eigenvalue weighted by molar-refractivity contribution is 0.448. The average Bonchev–Trinajstić information content (AvgIpc) is 2.87. The summed E-state index contributed by atoms with van der Waals surface area (Å²) in [7, 11) is -0.112. The topological polar surface area (TPSA) is 20.2 Å². The number of rotatable bonds is 8. The molecule has 0 spiro atoms. The number of benzene rings is 4. The fraction of sp³-hybridized carbons (Fsp3) is 0.226. The zero-order valence-corrected chi connectivity index (χ0v) is 22.4. The molecule has 0 aliphatic rings. The van der Waals surface area contributed by atoms with Crippen molar-refractivity contribution in [3.05, 3.63) is 114 Å². The highest BCUT2D eigenvalue weighted by Crippen LogP contribution is 2.51. The van der Waals surface area contributed by atoms with Crippen LogP contribution in [0.2, 0.25) is 0 Å². The van der Waals surface area contributed by atoms with E-state index in [1.165, 1.54) is 32.3 Å². The molecule has 0 aliphatic heterocycles. The van der Waals surface area contributed by atoms with E-state index in [-0.39, 0.29) is 5.16 Å². The van der Waals surface area contributed by atoms with Crippen molar-refractivity contribution < 1.29 is 5.11 Å². The van der Waals surface area contributed by atoms with Crippen LogP contribution in [0.4, 0.5) is 0 Å². The van der Waals surface area contributed by atoms with Crippen LogP contribution in [0.1, 0.15) is 43.4 Å². The lowest BCUT2D eigenvalue weighted by Crippen LogP contribution is -2.33. The number of hydrogen-bond acceptors (Lipinski definition) is 1. The number of aryl methyl sites for hydroxylation is 2. The number of aromatic hydroxyl groups is 1. The highest BCUT2D eigenvalue weighted by atomic mass is 31.1. The molecular weight excluding hydrogens is 450 g/mol. The van der Waals surface area contributed by atoms with Crippen molar-refractivity contribution in [2.24, 2.45) is 0 Å². The Balaban J connectivity index is 1.91. The van der Waals surface area contributed by atoms with Crippen molar-refractivity contribution >= 4 is 37.7 Å². The molecule has 0 aromatic heterocycles. The molecule has 0 aliphatic carbocycles. The standard InChI is InChI=1S/C31H34OP2/c1-5-31(6-2,27-22-23(3)20-21-28(27)32)33-30-24(4)14-13-19-29(30)34(25-15-9-7-10-16-25)26-17-11-8-12-18-26/h7-22,32-33H,5-6H2,1-4H3. The van der Waals surface area contributed by atoms with Gasteiger partial charge in [0.05, 0.1) is 0 Å². The Bertz CT molecular complexity index is 1190. The van der Waals surface area contributed by atoms with Crippen molar-refractivity contribution in [1.29, 1.82) is 0 Å². The Morgan fingerprint density at radius 2 is 1.32 bits per heavy atom. The van der Waals surface area contributed by atoms with E-state index in [2.05, 4.69) is 113 Å². The summed E-state index contributed by atoms with van der Waals surface area (Å²) in [6.07, 6.45) is 1.97. The summed E-state index contributed by atoms with van der Waals surface area (Å²) in [4.78, 5) is 0. The third-order valence-corrected chi connectivity index (χ3v) is 11.8. The molecule has 34 heavy (non-hydrogen) atoms. The monoisotopic (exact) mass is 484 g/mol. The van der Waals surface area contributed by atoms with Crippen LogP contribution in [-0.4, -0.2) is 5.11 Å². The maximum absolute atomic E-state index is 10.9. The van der Waals surface area contributed by atoms with Gasteiger partial charge < -0.3 is 5.11 Å². The fourth-order valence-corrected chi connectivity index (χ4v) is 9.32. The van der Waals surface area contributed by atoms with Gasteiger partial charge in [0, 0.05) is 10.7 Å². The van der Waals surface area contributed by atoms with Gasteiger partial charge in [0.25, 0.3) is 0 Å². The van der Waals surface area contributed by atoms with Crippen molar-refractivity contribution in [3.8, 4) is 5.75 Å². The van der Waals surface area contributed by atoms with E-state index in [1.807, 2.05) is 12.1 Å². The molecule has 0 fully saturated rings. The van der Waals surface area contributed by atoms with Gasteiger partial charge in [-0.05, 0) is 67.5 Å². The third-order valence-electron chi connectivity index (χ3n) is 6.76. The summed E-state index contributed by atoms with van der Waals surface area (Å²) in [6, 6.07) is 34.8.